The van der Waals surface area contributed by atoms with Gasteiger partial charge in [-0.3, -0.25) is 4.79 Å². The third-order valence-corrected chi connectivity index (χ3v) is 3.41. The molecule has 0 spiro atoms. The van der Waals surface area contributed by atoms with Crippen LogP contribution < -0.4 is 5.32 Å². The summed E-state index contributed by atoms with van der Waals surface area (Å²) in [5, 5.41) is 2.95. The van der Waals surface area contributed by atoms with Crippen molar-refractivity contribution in [2.75, 3.05) is 0 Å². The fourth-order valence-electron chi connectivity index (χ4n) is 2.31. The van der Waals surface area contributed by atoms with Gasteiger partial charge < -0.3 is 14.2 Å². The number of carbonyl (C=O) groups is 1. The Morgan fingerprint density at radius 3 is 2.57 bits per heavy atom. The van der Waals surface area contributed by atoms with Crippen LogP contribution in [-0.2, 0) is 4.79 Å². The van der Waals surface area contributed by atoms with Crippen LogP contribution in [0.3, 0.4) is 0 Å². The summed E-state index contributed by atoms with van der Waals surface area (Å²) < 4.78 is 10.9. The van der Waals surface area contributed by atoms with Gasteiger partial charge in [-0.15, -0.1) is 0 Å². The van der Waals surface area contributed by atoms with Crippen molar-refractivity contribution in [1.29, 1.82) is 0 Å². The maximum absolute atomic E-state index is 12.2. The number of carbonyl (C=O) groups excluding carboxylic acids is 1. The summed E-state index contributed by atoms with van der Waals surface area (Å²) in [5.41, 5.74) is 0.957. The van der Waals surface area contributed by atoms with Crippen LogP contribution in [0.5, 0.6) is 0 Å². The Balaban J connectivity index is 1.76. The summed E-state index contributed by atoms with van der Waals surface area (Å²) in [4.78, 5) is 12.2. The number of furan rings is 2. The third-order valence-electron chi connectivity index (χ3n) is 3.41. The molecule has 0 saturated heterocycles. The molecule has 0 aliphatic heterocycles. The predicted molar refractivity (Wildman–Crippen MR) is 87.6 cm³/mol. The predicted octanol–water partition coefficient (Wildman–Crippen LogP) is 4.10. The zero-order valence-corrected chi connectivity index (χ0v) is 12.7. The first-order valence-electron chi connectivity index (χ1n) is 7.36. The molecule has 1 aromatic carbocycles. The van der Waals surface area contributed by atoms with Crippen LogP contribution in [-0.4, -0.2) is 5.91 Å². The molecule has 0 radical (unpaired) electrons. The Labute approximate surface area is 134 Å². The molecule has 0 fully saturated rings. The number of rotatable bonds is 5. The largest absolute Gasteiger partial charge is 0.467 e. The van der Waals surface area contributed by atoms with Crippen molar-refractivity contribution < 1.29 is 13.6 Å². The Kier molecular flexibility index (Phi) is 4.43. The second-order valence-electron chi connectivity index (χ2n) is 5.15. The van der Waals surface area contributed by atoms with Gasteiger partial charge in [0.2, 0.25) is 5.91 Å². The van der Waals surface area contributed by atoms with E-state index < -0.39 is 0 Å². The van der Waals surface area contributed by atoms with Gasteiger partial charge in [0.05, 0.1) is 6.26 Å². The number of nitrogens with one attached hydrogen (secondary N) is 1. The molecule has 1 unspecified atom stereocenters. The second kappa shape index (κ2) is 6.83. The molecular weight excluding hydrogens is 290 g/mol. The Morgan fingerprint density at radius 1 is 1.09 bits per heavy atom. The van der Waals surface area contributed by atoms with Crippen molar-refractivity contribution in [3.05, 3.63) is 89.8 Å². The van der Waals surface area contributed by atoms with Crippen molar-refractivity contribution in [3.8, 4) is 0 Å². The zero-order chi connectivity index (χ0) is 16.1. The first-order valence-corrected chi connectivity index (χ1v) is 7.36. The smallest absolute Gasteiger partial charge is 0.244 e. The monoisotopic (exact) mass is 307 g/mol. The molecule has 1 atom stereocenters. The van der Waals surface area contributed by atoms with Crippen molar-refractivity contribution in [2.24, 2.45) is 0 Å². The molecule has 1 N–H and O–H groups in total. The quantitative estimate of drug-likeness (QED) is 0.722. The summed E-state index contributed by atoms with van der Waals surface area (Å²) in [6.07, 6.45) is 4.70. The van der Waals surface area contributed by atoms with Gasteiger partial charge in [-0.25, -0.2) is 0 Å². The van der Waals surface area contributed by atoms with E-state index in [4.69, 9.17) is 8.83 Å². The highest BCUT2D eigenvalue weighted by atomic mass is 16.3. The van der Waals surface area contributed by atoms with Crippen LogP contribution in [0.2, 0.25) is 0 Å². The van der Waals surface area contributed by atoms with Gasteiger partial charge in [-0.05, 0) is 42.8 Å². The van der Waals surface area contributed by atoms with Gasteiger partial charge in [0.1, 0.15) is 23.3 Å². The molecule has 4 nitrogen and oxygen atoms in total. The van der Waals surface area contributed by atoms with Crippen LogP contribution in [0.1, 0.15) is 28.9 Å². The van der Waals surface area contributed by atoms with Gasteiger partial charge in [-0.2, -0.15) is 0 Å². The van der Waals surface area contributed by atoms with E-state index >= 15 is 0 Å². The molecular formula is C19H17NO3. The normalized spacial score (nSPS) is 12.4. The lowest BCUT2D eigenvalue weighted by Crippen LogP contribution is -2.27. The highest BCUT2D eigenvalue weighted by molar-refractivity contribution is 5.91. The molecule has 1 amide bonds. The maximum Gasteiger partial charge on any atom is 0.244 e. The van der Waals surface area contributed by atoms with Crippen molar-refractivity contribution in [3.63, 3.8) is 0 Å². The van der Waals surface area contributed by atoms with Gasteiger partial charge in [-0.1, -0.05) is 30.3 Å². The summed E-state index contributed by atoms with van der Waals surface area (Å²) in [6.45, 7) is 1.86. The van der Waals surface area contributed by atoms with E-state index in [0.717, 1.165) is 11.3 Å². The highest BCUT2D eigenvalue weighted by Gasteiger charge is 2.18. The highest BCUT2D eigenvalue weighted by Crippen LogP contribution is 2.22. The van der Waals surface area contributed by atoms with E-state index in [1.54, 1.807) is 18.4 Å². The fraction of sp³-hybridized carbons (Fsp3) is 0.105. The van der Waals surface area contributed by atoms with Gasteiger partial charge >= 0.3 is 0 Å². The number of hydrogen-bond donors (Lipinski definition) is 1. The summed E-state index contributed by atoms with van der Waals surface area (Å²) in [5.74, 6) is 1.92. The lowest BCUT2D eigenvalue weighted by atomic mass is 10.0. The molecule has 3 rings (SSSR count). The minimum absolute atomic E-state index is 0.218. The Bertz CT molecular complexity index is 785. The van der Waals surface area contributed by atoms with Crippen LogP contribution in [0, 0.1) is 6.92 Å². The number of aryl methyl sites for hydroxylation is 1. The number of hydrogen-bond acceptors (Lipinski definition) is 3. The van der Waals surface area contributed by atoms with E-state index in [0.29, 0.717) is 11.5 Å². The van der Waals surface area contributed by atoms with Crippen LogP contribution >= 0.6 is 0 Å². The Hall–Kier alpha value is -3.01. The summed E-state index contributed by atoms with van der Waals surface area (Å²) in [6, 6.07) is 16.7. The average molecular weight is 307 g/mol. The van der Waals surface area contributed by atoms with E-state index in [-0.39, 0.29) is 11.9 Å². The lowest BCUT2D eigenvalue weighted by Gasteiger charge is -2.16. The molecule has 2 heterocycles. The maximum atomic E-state index is 12.2. The van der Waals surface area contributed by atoms with Crippen molar-refractivity contribution in [2.45, 2.75) is 13.0 Å². The fourth-order valence-corrected chi connectivity index (χ4v) is 2.31. The topological polar surface area (TPSA) is 55.4 Å². The van der Waals surface area contributed by atoms with Crippen LogP contribution in [0.15, 0.2) is 75.8 Å². The number of amides is 1. The molecule has 23 heavy (non-hydrogen) atoms. The van der Waals surface area contributed by atoms with E-state index in [1.165, 1.54) is 6.08 Å². The lowest BCUT2D eigenvalue weighted by molar-refractivity contribution is -0.117. The molecule has 0 aliphatic carbocycles. The minimum atomic E-state index is -0.332. The SMILES string of the molecule is Cc1ccc(/C=C/C(=O)NC(c2ccccc2)c2ccco2)o1. The number of benzene rings is 1. The Morgan fingerprint density at radius 2 is 1.91 bits per heavy atom. The first-order chi connectivity index (χ1) is 11.2. The van der Waals surface area contributed by atoms with Crippen LogP contribution in [0.4, 0.5) is 0 Å². The summed E-state index contributed by atoms with van der Waals surface area (Å²) in [7, 11) is 0. The molecule has 0 saturated carbocycles. The molecule has 0 aliphatic rings. The molecule has 4 heteroatoms. The van der Waals surface area contributed by atoms with Crippen molar-refractivity contribution >= 4 is 12.0 Å². The molecule has 0 bridgehead atoms. The van der Waals surface area contributed by atoms with Crippen molar-refractivity contribution in [1.82, 2.24) is 5.32 Å². The van der Waals surface area contributed by atoms with Crippen LogP contribution in [0.25, 0.3) is 6.08 Å². The van der Waals surface area contributed by atoms with E-state index in [2.05, 4.69) is 5.32 Å². The molecule has 2 aromatic heterocycles. The summed E-state index contributed by atoms with van der Waals surface area (Å²) >= 11 is 0. The van der Waals surface area contributed by atoms with E-state index in [9.17, 15) is 4.79 Å². The first kappa shape index (κ1) is 14.9. The molecule has 116 valence electrons. The third kappa shape index (κ3) is 3.80. The van der Waals surface area contributed by atoms with E-state index in [1.807, 2.05) is 55.5 Å². The molecule has 3 aromatic rings. The van der Waals surface area contributed by atoms with Gasteiger partial charge in [0, 0.05) is 6.08 Å². The zero-order valence-electron chi connectivity index (χ0n) is 12.7. The second-order valence-corrected chi connectivity index (χ2v) is 5.15. The minimum Gasteiger partial charge on any atom is -0.467 e. The standard InChI is InChI=1S/C19H17NO3/c1-14-9-10-16(23-14)11-12-18(21)20-19(17-8-5-13-22-17)15-6-3-2-4-7-15/h2-13,19H,1H3,(H,20,21)/b12-11+. The average Bonchev–Trinajstić information content (AvgIpc) is 3.23. The van der Waals surface area contributed by atoms with Gasteiger partial charge in [0.15, 0.2) is 0 Å². The van der Waals surface area contributed by atoms with Gasteiger partial charge in [0.25, 0.3) is 0 Å².